The Morgan fingerprint density at radius 3 is 3.00 bits per heavy atom. The Bertz CT molecular complexity index is 722. The Morgan fingerprint density at radius 1 is 1.39 bits per heavy atom. The third kappa shape index (κ3) is 3.57. The molecule has 0 aromatic carbocycles. The van der Waals surface area contributed by atoms with Gasteiger partial charge in [0.2, 0.25) is 5.91 Å². The summed E-state index contributed by atoms with van der Waals surface area (Å²) in [5, 5.41) is 7.39. The minimum absolute atomic E-state index is 0.0179. The summed E-state index contributed by atoms with van der Waals surface area (Å²) in [6, 6.07) is 2.12. The number of fused-ring (bicyclic) bond motifs is 1. The number of hydrogen-bond donors (Lipinski definition) is 1. The number of amides is 1. The molecule has 6 heteroatoms. The molecule has 0 saturated heterocycles. The van der Waals surface area contributed by atoms with Gasteiger partial charge < -0.3 is 5.32 Å². The Hall–Kier alpha value is -2.24. The van der Waals surface area contributed by atoms with Crippen molar-refractivity contribution in [2.45, 2.75) is 46.6 Å². The van der Waals surface area contributed by atoms with E-state index >= 15 is 0 Å². The monoisotopic (exact) mass is 313 g/mol. The van der Waals surface area contributed by atoms with E-state index in [2.05, 4.69) is 33.4 Å². The Labute approximate surface area is 136 Å². The highest BCUT2D eigenvalue weighted by molar-refractivity contribution is 5.78. The molecule has 2 aromatic heterocycles. The van der Waals surface area contributed by atoms with Gasteiger partial charge in [0.1, 0.15) is 11.6 Å². The molecule has 1 N–H and O–H groups in total. The van der Waals surface area contributed by atoms with Crippen molar-refractivity contribution >= 4 is 5.91 Å². The first-order valence-corrected chi connectivity index (χ1v) is 8.13. The Kier molecular flexibility index (Phi) is 4.41. The van der Waals surface area contributed by atoms with Gasteiger partial charge in [0.15, 0.2) is 0 Å². The first-order valence-electron chi connectivity index (χ1n) is 8.13. The van der Waals surface area contributed by atoms with Crippen LogP contribution in [-0.2, 0) is 24.2 Å². The molecule has 3 heterocycles. The largest absolute Gasteiger partial charge is 0.355 e. The number of aryl methyl sites for hydroxylation is 4. The topological polar surface area (TPSA) is 72.7 Å². The van der Waals surface area contributed by atoms with Crippen molar-refractivity contribution < 1.29 is 4.79 Å². The summed E-state index contributed by atoms with van der Waals surface area (Å²) in [6.07, 6.45) is 4.29. The van der Waals surface area contributed by atoms with Crippen LogP contribution in [0.1, 0.15) is 34.9 Å². The molecule has 0 bridgehead atoms. The van der Waals surface area contributed by atoms with E-state index in [1.165, 1.54) is 5.56 Å². The van der Waals surface area contributed by atoms with Gasteiger partial charge in [-0.15, -0.1) is 0 Å². The summed E-state index contributed by atoms with van der Waals surface area (Å²) in [5.41, 5.74) is 3.39. The van der Waals surface area contributed by atoms with Crippen LogP contribution in [0.5, 0.6) is 0 Å². The third-order valence-corrected chi connectivity index (χ3v) is 4.32. The normalized spacial score (nSPS) is 16.9. The molecule has 0 spiro atoms. The minimum atomic E-state index is -0.0179. The van der Waals surface area contributed by atoms with Crippen LogP contribution >= 0.6 is 0 Å². The number of aromatic nitrogens is 4. The maximum Gasteiger partial charge on any atom is 0.225 e. The summed E-state index contributed by atoms with van der Waals surface area (Å²) in [6.45, 7) is 7.23. The summed E-state index contributed by atoms with van der Waals surface area (Å²) in [4.78, 5) is 21.2. The molecule has 0 saturated carbocycles. The highest BCUT2D eigenvalue weighted by Gasteiger charge is 2.26. The number of carbonyl (C=O) groups excluding carboxylic acids is 1. The molecule has 6 nitrogen and oxygen atoms in total. The van der Waals surface area contributed by atoms with Crippen LogP contribution in [0.25, 0.3) is 0 Å². The van der Waals surface area contributed by atoms with E-state index in [1.807, 2.05) is 24.7 Å². The fourth-order valence-corrected chi connectivity index (χ4v) is 3.10. The van der Waals surface area contributed by atoms with Crippen molar-refractivity contribution in [3.05, 3.63) is 40.7 Å². The fraction of sp³-hybridized carbons (Fsp3) is 0.529. The number of hydrogen-bond acceptors (Lipinski definition) is 4. The SMILES string of the molecule is Cc1cnc(CCNC(=O)[C@H]2CCc3nc(C)nn3C2)c(C)c1. The minimum Gasteiger partial charge on any atom is -0.355 e. The van der Waals surface area contributed by atoms with Crippen molar-refractivity contribution in [3.8, 4) is 0 Å². The number of nitrogens with one attached hydrogen (secondary N) is 1. The highest BCUT2D eigenvalue weighted by Crippen LogP contribution is 2.18. The molecule has 1 amide bonds. The molecule has 0 unspecified atom stereocenters. The summed E-state index contributed by atoms with van der Waals surface area (Å²) < 4.78 is 1.87. The molecule has 2 aromatic rings. The van der Waals surface area contributed by atoms with Crippen LogP contribution in [-0.4, -0.2) is 32.2 Å². The molecule has 0 aliphatic carbocycles. The van der Waals surface area contributed by atoms with Gasteiger partial charge in [-0.3, -0.25) is 9.78 Å². The van der Waals surface area contributed by atoms with Crippen LogP contribution in [0.15, 0.2) is 12.3 Å². The predicted molar refractivity (Wildman–Crippen MR) is 87.0 cm³/mol. The van der Waals surface area contributed by atoms with Gasteiger partial charge in [0, 0.05) is 31.3 Å². The highest BCUT2D eigenvalue weighted by atomic mass is 16.1. The van der Waals surface area contributed by atoms with Crippen LogP contribution in [0.3, 0.4) is 0 Å². The Balaban J connectivity index is 1.52. The quantitative estimate of drug-likeness (QED) is 0.929. The van der Waals surface area contributed by atoms with Crippen LogP contribution in [0.4, 0.5) is 0 Å². The summed E-state index contributed by atoms with van der Waals surface area (Å²) >= 11 is 0. The molecular weight excluding hydrogens is 290 g/mol. The van der Waals surface area contributed by atoms with Gasteiger partial charge in [0.25, 0.3) is 0 Å². The summed E-state index contributed by atoms with van der Waals surface area (Å²) in [5.74, 6) is 1.86. The van der Waals surface area contributed by atoms with Gasteiger partial charge in [-0.05, 0) is 38.3 Å². The molecule has 23 heavy (non-hydrogen) atoms. The molecule has 3 rings (SSSR count). The first-order chi connectivity index (χ1) is 11.0. The van der Waals surface area contributed by atoms with Crippen molar-refractivity contribution in [1.82, 2.24) is 25.1 Å². The second kappa shape index (κ2) is 6.48. The smallest absolute Gasteiger partial charge is 0.225 e. The lowest BCUT2D eigenvalue weighted by Gasteiger charge is -2.21. The van der Waals surface area contributed by atoms with Gasteiger partial charge in [-0.2, -0.15) is 5.10 Å². The third-order valence-electron chi connectivity index (χ3n) is 4.32. The van der Waals surface area contributed by atoms with Crippen molar-refractivity contribution in [1.29, 1.82) is 0 Å². The second-order valence-corrected chi connectivity index (χ2v) is 6.31. The maximum absolute atomic E-state index is 12.4. The van der Waals surface area contributed by atoms with Gasteiger partial charge in [0.05, 0.1) is 12.5 Å². The lowest BCUT2D eigenvalue weighted by atomic mass is 9.99. The number of carbonyl (C=O) groups is 1. The maximum atomic E-state index is 12.4. The standard InChI is InChI=1S/C17H23N5O/c1-11-8-12(2)15(19-9-11)6-7-18-17(23)14-4-5-16-20-13(3)21-22(16)10-14/h8-9,14H,4-7,10H2,1-3H3,(H,18,23)/t14-/m0/s1. The molecule has 122 valence electrons. The van der Waals surface area contributed by atoms with Gasteiger partial charge >= 0.3 is 0 Å². The van der Waals surface area contributed by atoms with E-state index in [0.717, 1.165) is 42.2 Å². The van der Waals surface area contributed by atoms with Crippen LogP contribution in [0.2, 0.25) is 0 Å². The predicted octanol–water partition coefficient (Wildman–Crippen LogP) is 1.52. The second-order valence-electron chi connectivity index (χ2n) is 6.31. The van der Waals surface area contributed by atoms with E-state index in [9.17, 15) is 4.79 Å². The van der Waals surface area contributed by atoms with E-state index in [0.29, 0.717) is 13.1 Å². The van der Waals surface area contributed by atoms with E-state index in [1.54, 1.807) is 0 Å². The van der Waals surface area contributed by atoms with E-state index in [-0.39, 0.29) is 11.8 Å². The zero-order valence-corrected chi connectivity index (χ0v) is 14.0. The Morgan fingerprint density at radius 2 is 2.22 bits per heavy atom. The fourth-order valence-electron chi connectivity index (χ4n) is 3.10. The zero-order chi connectivity index (χ0) is 16.4. The summed E-state index contributed by atoms with van der Waals surface area (Å²) in [7, 11) is 0. The van der Waals surface area contributed by atoms with Gasteiger partial charge in [-0.25, -0.2) is 9.67 Å². The van der Waals surface area contributed by atoms with Crippen LogP contribution < -0.4 is 5.32 Å². The first kappa shape index (κ1) is 15.6. The van der Waals surface area contributed by atoms with Crippen molar-refractivity contribution in [2.24, 2.45) is 5.92 Å². The molecule has 1 atom stereocenters. The molecule has 0 fully saturated rings. The molecule has 0 radical (unpaired) electrons. The molecular formula is C17H23N5O. The number of pyridine rings is 1. The molecule has 1 aliphatic rings. The molecule has 1 aliphatic heterocycles. The van der Waals surface area contributed by atoms with Crippen LogP contribution in [0, 0.1) is 26.7 Å². The lowest BCUT2D eigenvalue weighted by Crippen LogP contribution is -2.37. The zero-order valence-electron chi connectivity index (χ0n) is 14.0. The van der Waals surface area contributed by atoms with Crippen molar-refractivity contribution in [3.63, 3.8) is 0 Å². The number of nitrogens with zero attached hydrogens (tertiary/aromatic N) is 4. The van der Waals surface area contributed by atoms with Crippen molar-refractivity contribution in [2.75, 3.05) is 6.54 Å². The average Bonchev–Trinajstić information content (AvgIpc) is 2.88. The average molecular weight is 313 g/mol. The number of rotatable bonds is 4. The van der Waals surface area contributed by atoms with E-state index in [4.69, 9.17) is 0 Å². The van der Waals surface area contributed by atoms with Gasteiger partial charge in [-0.1, -0.05) is 6.07 Å². The lowest BCUT2D eigenvalue weighted by molar-refractivity contribution is -0.126. The van der Waals surface area contributed by atoms with E-state index < -0.39 is 0 Å².